The number of nitro groups is 1. The number of carbonyl (C=O) groups excluding carboxylic acids is 1. The van der Waals surface area contributed by atoms with Gasteiger partial charge in [-0.25, -0.2) is 0 Å². The fourth-order valence-electron chi connectivity index (χ4n) is 2.34. The van der Waals surface area contributed by atoms with Gasteiger partial charge in [0.25, 0.3) is 5.69 Å². The van der Waals surface area contributed by atoms with E-state index in [0.29, 0.717) is 12.2 Å². The molecule has 0 radical (unpaired) electrons. The number of likely N-dealkylation sites (N-methyl/N-ethyl adjacent to an activating group) is 1. The van der Waals surface area contributed by atoms with E-state index in [0.717, 1.165) is 11.3 Å². The average molecular weight is 343 g/mol. The van der Waals surface area contributed by atoms with Crippen molar-refractivity contribution in [2.24, 2.45) is 0 Å². The zero-order chi connectivity index (χ0) is 18.4. The van der Waals surface area contributed by atoms with Crippen molar-refractivity contribution in [1.82, 2.24) is 4.90 Å². The third-order valence-corrected chi connectivity index (χ3v) is 3.93. The van der Waals surface area contributed by atoms with Gasteiger partial charge in [0, 0.05) is 24.4 Å². The second-order valence-electron chi connectivity index (χ2n) is 5.74. The number of non-ortho nitro benzene ring substituents is 1. The van der Waals surface area contributed by atoms with Crippen LogP contribution in [-0.2, 0) is 11.3 Å². The van der Waals surface area contributed by atoms with E-state index < -0.39 is 11.0 Å². The second-order valence-corrected chi connectivity index (χ2v) is 5.74. The number of nitro benzene ring substituents is 1. The Bertz CT molecular complexity index is 763. The minimum atomic E-state index is -0.492. The molecule has 1 amide bonds. The van der Waals surface area contributed by atoms with E-state index in [2.05, 4.69) is 5.32 Å². The molecule has 0 spiro atoms. The molecule has 25 heavy (non-hydrogen) atoms. The van der Waals surface area contributed by atoms with E-state index in [9.17, 15) is 14.9 Å². The number of rotatable bonds is 7. The molecule has 0 aliphatic carbocycles. The Labute approximate surface area is 146 Å². The molecule has 0 bridgehead atoms. The smallest absolute Gasteiger partial charge is 0.271 e. The summed E-state index contributed by atoms with van der Waals surface area (Å²) in [5.74, 6) is 0.533. The van der Waals surface area contributed by atoms with Crippen LogP contribution < -0.4 is 10.1 Å². The molecular weight excluding hydrogens is 322 g/mol. The second kappa shape index (κ2) is 8.25. The number of nitrogens with zero attached hydrogens (tertiary/aromatic N) is 2. The molecular formula is C18H21N3O4. The molecule has 7 heteroatoms. The Morgan fingerprint density at radius 3 is 2.68 bits per heavy atom. The molecule has 0 aliphatic heterocycles. The Kier molecular flexibility index (Phi) is 6.08. The maximum absolute atomic E-state index is 12.4. The van der Waals surface area contributed by atoms with Gasteiger partial charge in [0.1, 0.15) is 5.75 Å². The van der Waals surface area contributed by atoms with Crippen LogP contribution in [0.4, 0.5) is 11.4 Å². The van der Waals surface area contributed by atoms with Gasteiger partial charge in [0.2, 0.25) is 5.91 Å². The van der Waals surface area contributed by atoms with Gasteiger partial charge in [-0.15, -0.1) is 0 Å². The number of hydrogen-bond donors (Lipinski definition) is 1. The summed E-state index contributed by atoms with van der Waals surface area (Å²) >= 11 is 0. The predicted molar refractivity (Wildman–Crippen MR) is 95.6 cm³/mol. The van der Waals surface area contributed by atoms with Crippen LogP contribution in [0.25, 0.3) is 0 Å². The lowest BCUT2D eigenvalue weighted by Crippen LogP contribution is -2.39. The Balaban J connectivity index is 2.01. The van der Waals surface area contributed by atoms with Crippen molar-refractivity contribution >= 4 is 17.3 Å². The van der Waals surface area contributed by atoms with E-state index in [1.807, 2.05) is 36.2 Å². The van der Waals surface area contributed by atoms with Gasteiger partial charge >= 0.3 is 0 Å². The van der Waals surface area contributed by atoms with Crippen LogP contribution in [0, 0.1) is 10.1 Å². The molecule has 132 valence electrons. The molecule has 0 aliphatic rings. The summed E-state index contributed by atoms with van der Waals surface area (Å²) < 4.78 is 5.20. The van der Waals surface area contributed by atoms with E-state index in [-0.39, 0.29) is 11.6 Å². The van der Waals surface area contributed by atoms with Crippen molar-refractivity contribution in [3.05, 3.63) is 64.2 Å². The first-order valence-corrected chi connectivity index (χ1v) is 7.79. The van der Waals surface area contributed by atoms with Crippen molar-refractivity contribution in [2.75, 3.05) is 19.5 Å². The van der Waals surface area contributed by atoms with Crippen LogP contribution in [0.5, 0.6) is 5.75 Å². The predicted octanol–water partition coefficient (Wildman–Crippen LogP) is 3.06. The van der Waals surface area contributed by atoms with Gasteiger partial charge in [-0.1, -0.05) is 18.2 Å². The average Bonchev–Trinajstić information content (AvgIpc) is 2.61. The molecule has 0 saturated carbocycles. The summed E-state index contributed by atoms with van der Waals surface area (Å²) in [6, 6.07) is 13.1. The lowest BCUT2D eigenvalue weighted by atomic mass is 10.1. The summed E-state index contributed by atoms with van der Waals surface area (Å²) in [7, 11) is 3.45. The SMILES string of the molecule is COc1cccc(CN(C)C(C)C(=O)Nc2cccc([N+](=O)[O-])c2)c1. The lowest BCUT2D eigenvalue weighted by Gasteiger charge is -2.24. The summed E-state index contributed by atoms with van der Waals surface area (Å²) in [5.41, 5.74) is 1.37. The van der Waals surface area contributed by atoms with E-state index in [1.165, 1.54) is 12.1 Å². The molecule has 1 atom stereocenters. The summed E-state index contributed by atoms with van der Waals surface area (Å²) in [5, 5.41) is 13.5. The number of carbonyl (C=O) groups is 1. The highest BCUT2D eigenvalue weighted by Crippen LogP contribution is 2.18. The number of benzene rings is 2. The van der Waals surface area contributed by atoms with Crippen LogP contribution in [0.1, 0.15) is 12.5 Å². The molecule has 7 nitrogen and oxygen atoms in total. The first kappa shape index (κ1) is 18.4. The van der Waals surface area contributed by atoms with Gasteiger partial charge in [0.15, 0.2) is 0 Å². The molecule has 2 rings (SSSR count). The van der Waals surface area contributed by atoms with E-state index in [1.54, 1.807) is 26.2 Å². The molecule has 0 saturated heterocycles. The van der Waals surface area contributed by atoms with Crippen molar-refractivity contribution in [3.63, 3.8) is 0 Å². The molecule has 2 aromatic rings. The van der Waals surface area contributed by atoms with Crippen molar-refractivity contribution in [2.45, 2.75) is 19.5 Å². The number of methoxy groups -OCH3 is 1. The van der Waals surface area contributed by atoms with Gasteiger partial charge < -0.3 is 10.1 Å². The van der Waals surface area contributed by atoms with Crippen molar-refractivity contribution in [3.8, 4) is 5.75 Å². The molecule has 2 aromatic carbocycles. The van der Waals surface area contributed by atoms with Crippen molar-refractivity contribution < 1.29 is 14.5 Å². The maximum Gasteiger partial charge on any atom is 0.271 e. The van der Waals surface area contributed by atoms with Crippen molar-refractivity contribution in [1.29, 1.82) is 0 Å². The number of hydrogen-bond acceptors (Lipinski definition) is 5. The molecule has 1 N–H and O–H groups in total. The first-order valence-electron chi connectivity index (χ1n) is 7.79. The molecule has 0 aromatic heterocycles. The van der Waals surface area contributed by atoms with Crippen LogP contribution in [0.2, 0.25) is 0 Å². The summed E-state index contributed by atoms with van der Waals surface area (Å²) in [6.07, 6.45) is 0. The standard InChI is InChI=1S/C18H21N3O4/c1-13(20(2)12-14-6-4-9-17(10-14)25-3)18(22)19-15-7-5-8-16(11-15)21(23)24/h4-11,13H,12H2,1-3H3,(H,19,22). The summed E-state index contributed by atoms with van der Waals surface area (Å²) in [6.45, 7) is 2.35. The van der Waals surface area contributed by atoms with E-state index >= 15 is 0 Å². The highest BCUT2D eigenvalue weighted by Gasteiger charge is 2.19. The minimum Gasteiger partial charge on any atom is -0.497 e. The highest BCUT2D eigenvalue weighted by atomic mass is 16.6. The quantitative estimate of drug-likeness (QED) is 0.617. The Hall–Kier alpha value is -2.93. The van der Waals surface area contributed by atoms with Gasteiger partial charge in [-0.2, -0.15) is 0 Å². The number of amides is 1. The summed E-state index contributed by atoms with van der Waals surface area (Å²) in [4.78, 5) is 24.6. The van der Waals surface area contributed by atoms with E-state index in [4.69, 9.17) is 4.74 Å². The first-order chi connectivity index (χ1) is 11.9. The number of anilines is 1. The van der Waals surface area contributed by atoms with Crippen LogP contribution >= 0.6 is 0 Å². The van der Waals surface area contributed by atoms with Crippen LogP contribution in [-0.4, -0.2) is 35.9 Å². The zero-order valence-electron chi connectivity index (χ0n) is 14.4. The number of nitrogens with one attached hydrogen (secondary N) is 1. The highest BCUT2D eigenvalue weighted by molar-refractivity contribution is 5.94. The van der Waals surface area contributed by atoms with Crippen LogP contribution in [0.15, 0.2) is 48.5 Å². The molecule has 1 unspecified atom stereocenters. The molecule has 0 fully saturated rings. The lowest BCUT2D eigenvalue weighted by molar-refractivity contribution is -0.384. The monoisotopic (exact) mass is 343 g/mol. The van der Waals surface area contributed by atoms with Gasteiger partial charge in [0.05, 0.1) is 18.1 Å². The van der Waals surface area contributed by atoms with Gasteiger partial charge in [-0.05, 0) is 37.7 Å². The zero-order valence-corrected chi connectivity index (χ0v) is 14.4. The topological polar surface area (TPSA) is 84.7 Å². The normalized spacial score (nSPS) is 11.8. The molecule has 0 heterocycles. The van der Waals surface area contributed by atoms with Gasteiger partial charge in [-0.3, -0.25) is 19.8 Å². The fourth-order valence-corrected chi connectivity index (χ4v) is 2.34. The Morgan fingerprint density at radius 1 is 1.28 bits per heavy atom. The third kappa shape index (κ3) is 5.02. The minimum absolute atomic E-state index is 0.0600. The maximum atomic E-state index is 12.4. The fraction of sp³-hybridized carbons (Fsp3) is 0.278. The third-order valence-electron chi connectivity index (χ3n) is 3.93. The Morgan fingerprint density at radius 2 is 2.00 bits per heavy atom. The van der Waals surface area contributed by atoms with Crippen LogP contribution in [0.3, 0.4) is 0 Å². The number of ether oxygens (including phenoxy) is 1. The largest absolute Gasteiger partial charge is 0.497 e.